The van der Waals surface area contributed by atoms with Gasteiger partial charge in [0.1, 0.15) is 0 Å². The Labute approximate surface area is 93.9 Å². The van der Waals surface area contributed by atoms with Crippen LogP contribution in [0.4, 0.5) is 0 Å². The molecule has 0 aliphatic carbocycles. The second-order valence-electron chi connectivity index (χ2n) is 4.14. The van der Waals surface area contributed by atoms with Gasteiger partial charge in [0.25, 0.3) is 0 Å². The molecule has 15 heavy (non-hydrogen) atoms. The Morgan fingerprint density at radius 1 is 1.53 bits per heavy atom. The van der Waals surface area contributed by atoms with Gasteiger partial charge in [-0.2, -0.15) is 11.3 Å². The third kappa shape index (κ3) is 2.08. The summed E-state index contributed by atoms with van der Waals surface area (Å²) in [5.41, 5.74) is 6.64. The molecule has 1 unspecified atom stereocenters. The van der Waals surface area contributed by atoms with E-state index in [0.717, 1.165) is 18.4 Å². The number of hydrogen-bond donors (Lipinski definition) is 2. The third-order valence-electron chi connectivity index (χ3n) is 3.33. The molecule has 3 N–H and O–H groups in total. The second kappa shape index (κ2) is 4.61. The van der Waals surface area contributed by atoms with Crippen LogP contribution in [0.3, 0.4) is 0 Å². The maximum atomic E-state index is 10.4. The topological polar surface area (TPSA) is 55.5 Å². The Kier molecular flexibility index (Phi) is 3.41. The fraction of sp³-hybridized carbons (Fsp3) is 0.636. The molecule has 84 valence electrons. The summed E-state index contributed by atoms with van der Waals surface area (Å²) in [6.07, 6.45) is 1.25. The van der Waals surface area contributed by atoms with E-state index in [1.807, 2.05) is 16.8 Å². The van der Waals surface area contributed by atoms with Crippen molar-refractivity contribution in [3.8, 4) is 0 Å². The number of aliphatic hydroxyl groups is 1. The molecule has 2 heterocycles. The van der Waals surface area contributed by atoms with Crippen LogP contribution in [0.2, 0.25) is 0 Å². The van der Waals surface area contributed by atoms with Gasteiger partial charge < -0.3 is 15.6 Å². The molecule has 0 saturated carbocycles. The summed E-state index contributed by atoms with van der Waals surface area (Å²) < 4.78 is 5.33. The first-order chi connectivity index (χ1) is 7.28. The van der Waals surface area contributed by atoms with Crippen LogP contribution in [0.15, 0.2) is 16.8 Å². The van der Waals surface area contributed by atoms with Crippen LogP contribution in [0.1, 0.15) is 24.5 Å². The van der Waals surface area contributed by atoms with Gasteiger partial charge in [-0.25, -0.2) is 0 Å². The largest absolute Gasteiger partial charge is 0.388 e. The van der Waals surface area contributed by atoms with Crippen molar-refractivity contribution >= 4 is 11.3 Å². The normalized spacial score (nSPS) is 22.5. The van der Waals surface area contributed by atoms with E-state index in [1.54, 1.807) is 11.3 Å². The summed E-state index contributed by atoms with van der Waals surface area (Å²) in [5.74, 6) is 0. The molecule has 1 aromatic rings. The summed E-state index contributed by atoms with van der Waals surface area (Å²) in [6.45, 7) is 1.93. The number of rotatable bonds is 3. The van der Waals surface area contributed by atoms with E-state index in [2.05, 4.69) is 0 Å². The minimum atomic E-state index is -0.447. The molecule has 2 rings (SSSR count). The number of hydrogen-bond acceptors (Lipinski definition) is 4. The van der Waals surface area contributed by atoms with E-state index < -0.39 is 6.10 Å². The maximum absolute atomic E-state index is 10.4. The molecule has 4 heteroatoms. The van der Waals surface area contributed by atoms with E-state index in [9.17, 15) is 5.11 Å². The van der Waals surface area contributed by atoms with Gasteiger partial charge in [0.05, 0.1) is 6.10 Å². The molecule has 1 saturated heterocycles. The zero-order valence-corrected chi connectivity index (χ0v) is 9.50. The van der Waals surface area contributed by atoms with Crippen molar-refractivity contribution in [2.24, 2.45) is 11.1 Å². The molecular formula is C11H17NO2S. The molecule has 0 amide bonds. The Balaban J connectivity index is 2.18. The van der Waals surface area contributed by atoms with E-state index in [0.29, 0.717) is 19.8 Å². The lowest BCUT2D eigenvalue weighted by molar-refractivity contribution is -0.0579. The van der Waals surface area contributed by atoms with Gasteiger partial charge in [-0.1, -0.05) is 0 Å². The van der Waals surface area contributed by atoms with Crippen LogP contribution in [0.25, 0.3) is 0 Å². The Hall–Kier alpha value is -0.420. The molecule has 1 aliphatic rings. The fourth-order valence-electron chi connectivity index (χ4n) is 2.15. The highest BCUT2D eigenvalue weighted by atomic mass is 32.1. The van der Waals surface area contributed by atoms with Crippen LogP contribution >= 0.6 is 11.3 Å². The van der Waals surface area contributed by atoms with Crippen molar-refractivity contribution < 1.29 is 9.84 Å². The van der Waals surface area contributed by atoms with Gasteiger partial charge in [0, 0.05) is 25.2 Å². The number of nitrogens with two attached hydrogens (primary N) is 1. The van der Waals surface area contributed by atoms with E-state index in [4.69, 9.17) is 10.5 Å². The minimum absolute atomic E-state index is 0.181. The van der Waals surface area contributed by atoms with Crippen LogP contribution in [-0.2, 0) is 4.74 Å². The molecule has 1 atom stereocenters. The predicted molar refractivity (Wildman–Crippen MR) is 60.8 cm³/mol. The van der Waals surface area contributed by atoms with Gasteiger partial charge in [0.15, 0.2) is 0 Å². The number of ether oxygens (including phenoxy) is 1. The van der Waals surface area contributed by atoms with Crippen molar-refractivity contribution in [3.05, 3.63) is 22.4 Å². The molecule has 0 spiro atoms. The summed E-state index contributed by atoms with van der Waals surface area (Å²) in [4.78, 5) is 0. The number of aliphatic hydroxyl groups excluding tert-OH is 1. The van der Waals surface area contributed by atoms with Crippen LogP contribution in [0, 0.1) is 5.41 Å². The third-order valence-corrected chi connectivity index (χ3v) is 4.04. The van der Waals surface area contributed by atoms with Gasteiger partial charge in [-0.15, -0.1) is 0 Å². The standard InChI is InChI=1S/C11H17NO2S/c12-8-11(2-4-14-5-3-11)10(13)9-1-6-15-7-9/h1,6-7,10,13H,2-5,8,12H2. The highest BCUT2D eigenvalue weighted by Crippen LogP contribution is 2.42. The van der Waals surface area contributed by atoms with Crippen molar-refractivity contribution in [1.82, 2.24) is 0 Å². The Morgan fingerprint density at radius 2 is 2.27 bits per heavy atom. The van der Waals surface area contributed by atoms with Crippen molar-refractivity contribution in [3.63, 3.8) is 0 Å². The van der Waals surface area contributed by atoms with E-state index in [-0.39, 0.29) is 5.41 Å². The lowest BCUT2D eigenvalue weighted by Crippen LogP contribution is -2.41. The first kappa shape index (κ1) is 11.1. The molecule has 1 aromatic heterocycles. The summed E-state index contributed by atoms with van der Waals surface area (Å²) in [5, 5.41) is 14.3. The minimum Gasteiger partial charge on any atom is -0.388 e. The Bertz CT molecular complexity index is 294. The van der Waals surface area contributed by atoms with Crippen molar-refractivity contribution in [2.75, 3.05) is 19.8 Å². The van der Waals surface area contributed by atoms with E-state index in [1.165, 1.54) is 0 Å². The van der Waals surface area contributed by atoms with Gasteiger partial charge >= 0.3 is 0 Å². The van der Waals surface area contributed by atoms with Crippen molar-refractivity contribution in [1.29, 1.82) is 0 Å². The molecule has 0 radical (unpaired) electrons. The maximum Gasteiger partial charge on any atom is 0.0868 e. The fourth-order valence-corrected chi connectivity index (χ4v) is 2.83. The summed E-state index contributed by atoms with van der Waals surface area (Å²) in [6, 6.07) is 1.97. The van der Waals surface area contributed by atoms with Gasteiger partial charge in [-0.3, -0.25) is 0 Å². The van der Waals surface area contributed by atoms with Crippen LogP contribution in [-0.4, -0.2) is 24.9 Å². The SMILES string of the molecule is NCC1(C(O)c2ccsc2)CCOCC1. The van der Waals surface area contributed by atoms with E-state index >= 15 is 0 Å². The lowest BCUT2D eigenvalue weighted by atomic mass is 9.73. The van der Waals surface area contributed by atoms with Gasteiger partial charge in [0.2, 0.25) is 0 Å². The van der Waals surface area contributed by atoms with Crippen molar-refractivity contribution in [2.45, 2.75) is 18.9 Å². The van der Waals surface area contributed by atoms with Crippen LogP contribution in [0.5, 0.6) is 0 Å². The number of thiophene rings is 1. The molecule has 0 bridgehead atoms. The first-order valence-corrected chi connectivity index (χ1v) is 6.21. The lowest BCUT2D eigenvalue weighted by Gasteiger charge is -2.39. The highest BCUT2D eigenvalue weighted by molar-refractivity contribution is 7.07. The molecular weight excluding hydrogens is 210 g/mol. The Morgan fingerprint density at radius 3 is 2.80 bits per heavy atom. The second-order valence-corrected chi connectivity index (χ2v) is 4.92. The predicted octanol–water partition coefficient (Wildman–Crippen LogP) is 1.54. The zero-order valence-electron chi connectivity index (χ0n) is 8.69. The highest BCUT2D eigenvalue weighted by Gasteiger charge is 2.39. The smallest absolute Gasteiger partial charge is 0.0868 e. The molecule has 0 aromatic carbocycles. The first-order valence-electron chi connectivity index (χ1n) is 5.26. The summed E-state index contributed by atoms with van der Waals surface area (Å²) >= 11 is 1.61. The average Bonchev–Trinajstić information content (AvgIpc) is 2.82. The molecule has 1 fully saturated rings. The zero-order chi connectivity index (χ0) is 10.7. The van der Waals surface area contributed by atoms with Gasteiger partial charge in [-0.05, 0) is 35.2 Å². The van der Waals surface area contributed by atoms with Crippen LogP contribution < -0.4 is 5.73 Å². The molecule has 3 nitrogen and oxygen atoms in total. The summed E-state index contributed by atoms with van der Waals surface area (Å²) in [7, 11) is 0. The monoisotopic (exact) mass is 227 g/mol. The molecule has 1 aliphatic heterocycles. The average molecular weight is 227 g/mol. The quantitative estimate of drug-likeness (QED) is 0.823.